The van der Waals surface area contributed by atoms with Crippen molar-refractivity contribution in [2.24, 2.45) is 17.8 Å². The SMILES string of the molecule is CN1CCc2c(c3ccc(N=C(N)/C=C\NCCF)[nH+]c3n2C)C1=O. The monoisotopic (exact) mass is 345 g/mol. The summed E-state index contributed by atoms with van der Waals surface area (Å²) in [6, 6.07) is 3.68. The van der Waals surface area contributed by atoms with Crippen molar-refractivity contribution in [2.45, 2.75) is 6.42 Å². The maximum absolute atomic E-state index is 12.5. The van der Waals surface area contributed by atoms with Gasteiger partial charge in [0.15, 0.2) is 0 Å². The Labute approximate surface area is 145 Å². The Morgan fingerprint density at radius 2 is 2.28 bits per heavy atom. The highest BCUT2D eigenvalue weighted by Gasteiger charge is 2.31. The number of nitrogens with zero attached hydrogens (tertiary/aromatic N) is 3. The number of halogens is 1. The number of hydrogen-bond acceptors (Lipinski definition) is 3. The van der Waals surface area contributed by atoms with Crippen molar-refractivity contribution in [3.8, 4) is 0 Å². The molecule has 4 N–H and O–H groups in total. The van der Waals surface area contributed by atoms with E-state index in [1.54, 1.807) is 23.2 Å². The van der Waals surface area contributed by atoms with Crippen LogP contribution in [0.5, 0.6) is 0 Å². The minimum atomic E-state index is -0.447. The molecule has 3 rings (SSSR count). The molecule has 1 amide bonds. The zero-order chi connectivity index (χ0) is 18.0. The lowest BCUT2D eigenvalue weighted by Gasteiger charge is -2.21. The number of H-pyrrole nitrogens is 1. The van der Waals surface area contributed by atoms with Crippen LogP contribution in [-0.4, -0.2) is 48.0 Å². The van der Waals surface area contributed by atoms with Crippen molar-refractivity contribution >= 4 is 28.6 Å². The summed E-state index contributed by atoms with van der Waals surface area (Å²) in [5, 5.41) is 3.64. The van der Waals surface area contributed by atoms with E-state index in [2.05, 4.69) is 15.3 Å². The third kappa shape index (κ3) is 3.19. The van der Waals surface area contributed by atoms with Crippen molar-refractivity contribution in [3.63, 3.8) is 0 Å². The first kappa shape index (κ1) is 16.9. The first-order chi connectivity index (χ1) is 12.0. The van der Waals surface area contributed by atoms with E-state index in [0.717, 1.165) is 28.7 Å². The van der Waals surface area contributed by atoms with Crippen LogP contribution < -0.4 is 16.0 Å². The van der Waals surface area contributed by atoms with E-state index in [4.69, 9.17) is 5.73 Å². The van der Waals surface area contributed by atoms with Crippen LogP contribution in [0.1, 0.15) is 16.1 Å². The van der Waals surface area contributed by atoms with Gasteiger partial charge in [0.1, 0.15) is 6.67 Å². The van der Waals surface area contributed by atoms with E-state index in [-0.39, 0.29) is 18.3 Å². The van der Waals surface area contributed by atoms with Crippen molar-refractivity contribution in [1.82, 2.24) is 14.8 Å². The maximum Gasteiger partial charge on any atom is 0.262 e. The zero-order valence-electron chi connectivity index (χ0n) is 14.3. The highest BCUT2D eigenvalue weighted by Crippen LogP contribution is 2.28. The van der Waals surface area contributed by atoms with E-state index in [1.165, 1.54) is 0 Å². The molecule has 0 aromatic carbocycles. The molecule has 1 aliphatic rings. The second-order valence-corrected chi connectivity index (χ2v) is 5.98. The topological polar surface area (TPSA) is 89.8 Å². The van der Waals surface area contributed by atoms with Crippen LogP contribution in [0.2, 0.25) is 0 Å². The molecular formula is C17H22FN6O+. The fourth-order valence-electron chi connectivity index (χ4n) is 3.02. The number of rotatable bonds is 5. The predicted octanol–water partition coefficient (Wildman–Crippen LogP) is 0.682. The van der Waals surface area contributed by atoms with Crippen molar-refractivity contribution in [1.29, 1.82) is 0 Å². The summed E-state index contributed by atoms with van der Waals surface area (Å²) in [7, 11) is 3.75. The van der Waals surface area contributed by atoms with Gasteiger partial charge in [0.05, 0.1) is 23.7 Å². The Bertz CT molecular complexity index is 870. The first-order valence-electron chi connectivity index (χ1n) is 8.12. The average Bonchev–Trinajstić information content (AvgIpc) is 2.88. The molecule has 25 heavy (non-hydrogen) atoms. The number of pyridine rings is 1. The van der Waals surface area contributed by atoms with Crippen LogP contribution in [0.4, 0.5) is 10.2 Å². The summed E-state index contributed by atoms with van der Waals surface area (Å²) >= 11 is 0. The van der Waals surface area contributed by atoms with Crippen LogP contribution >= 0.6 is 0 Å². The minimum absolute atomic E-state index is 0.0397. The number of aryl methyl sites for hydroxylation is 1. The van der Waals surface area contributed by atoms with Crippen molar-refractivity contribution < 1.29 is 14.2 Å². The molecule has 0 fully saturated rings. The van der Waals surface area contributed by atoms with Crippen LogP contribution in [0, 0.1) is 0 Å². The Hall–Kier alpha value is -2.90. The van der Waals surface area contributed by atoms with Gasteiger partial charge in [-0.1, -0.05) is 4.99 Å². The highest BCUT2D eigenvalue weighted by molar-refractivity contribution is 6.07. The Morgan fingerprint density at radius 1 is 1.48 bits per heavy atom. The van der Waals surface area contributed by atoms with Gasteiger partial charge in [-0.2, -0.15) is 0 Å². The Balaban J connectivity index is 1.95. The second kappa shape index (κ2) is 6.92. The van der Waals surface area contributed by atoms with Gasteiger partial charge in [0.2, 0.25) is 11.5 Å². The number of nitrogens with one attached hydrogen (secondary N) is 2. The molecule has 0 unspecified atom stereocenters. The molecule has 8 heteroatoms. The molecule has 2 aromatic heterocycles. The zero-order valence-corrected chi connectivity index (χ0v) is 14.3. The van der Waals surface area contributed by atoms with Gasteiger partial charge >= 0.3 is 0 Å². The Morgan fingerprint density at radius 3 is 3.04 bits per heavy atom. The smallest absolute Gasteiger partial charge is 0.262 e. The van der Waals surface area contributed by atoms with Crippen molar-refractivity contribution in [2.75, 3.05) is 26.8 Å². The lowest BCUT2D eigenvalue weighted by molar-refractivity contribution is -0.333. The number of alkyl halides is 1. The molecule has 0 spiro atoms. The fourth-order valence-corrected chi connectivity index (χ4v) is 3.02. The van der Waals surface area contributed by atoms with Crippen molar-refractivity contribution in [3.05, 3.63) is 35.7 Å². The Kier molecular flexibility index (Phi) is 4.69. The van der Waals surface area contributed by atoms with E-state index < -0.39 is 6.67 Å². The summed E-state index contributed by atoms with van der Waals surface area (Å²) in [6.07, 6.45) is 3.95. The molecule has 132 valence electrons. The first-order valence-corrected chi connectivity index (χ1v) is 8.12. The van der Waals surface area contributed by atoms with E-state index >= 15 is 0 Å². The molecule has 0 bridgehead atoms. The normalized spacial score (nSPS) is 15.2. The van der Waals surface area contributed by atoms with Gasteiger partial charge in [0, 0.05) is 44.9 Å². The number of aliphatic imine (C=N–C) groups is 1. The predicted molar refractivity (Wildman–Crippen MR) is 94.5 cm³/mol. The standard InChI is InChI=1S/C17H21FN6O/c1-23-10-6-12-15(17(23)25)11-3-4-14(22-16(11)24(12)2)21-13(19)5-8-20-9-7-18/h3-5,8,20H,6-7,9-10H2,1-2H3,(H2,19,21,22)/p+1/b8-5-. The highest BCUT2D eigenvalue weighted by atomic mass is 19.1. The molecule has 0 saturated heterocycles. The van der Waals surface area contributed by atoms with Crippen LogP contribution in [0.25, 0.3) is 11.0 Å². The number of hydrogen-bond donors (Lipinski definition) is 2. The quantitative estimate of drug-likeness (QED) is 0.474. The maximum atomic E-state index is 12.5. The van der Waals surface area contributed by atoms with Gasteiger partial charge < -0.3 is 16.0 Å². The fraction of sp³-hybridized carbons (Fsp3) is 0.353. The third-order valence-electron chi connectivity index (χ3n) is 4.31. The lowest BCUT2D eigenvalue weighted by atomic mass is 10.1. The summed E-state index contributed by atoms with van der Waals surface area (Å²) in [5.74, 6) is 0.911. The number of nitrogens with two attached hydrogens (primary N) is 1. The van der Waals surface area contributed by atoms with Gasteiger partial charge in [-0.25, -0.2) is 9.37 Å². The molecule has 3 heterocycles. The number of aromatic amines is 1. The number of aromatic nitrogens is 2. The number of amidine groups is 1. The van der Waals surface area contributed by atoms with Gasteiger partial charge in [0.25, 0.3) is 11.7 Å². The third-order valence-corrected chi connectivity index (χ3v) is 4.31. The van der Waals surface area contributed by atoms with Crippen LogP contribution in [0.15, 0.2) is 29.4 Å². The molecule has 0 radical (unpaired) electrons. The molecule has 7 nitrogen and oxygen atoms in total. The van der Waals surface area contributed by atoms with Gasteiger partial charge in [-0.3, -0.25) is 9.36 Å². The summed E-state index contributed by atoms with van der Waals surface area (Å²) in [4.78, 5) is 21.8. The average molecular weight is 345 g/mol. The molecule has 0 aliphatic carbocycles. The summed E-state index contributed by atoms with van der Waals surface area (Å²) < 4.78 is 14.0. The van der Waals surface area contributed by atoms with Gasteiger partial charge in [-0.05, 0) is 6.07 Å². The summed E-state index contributed by atoms with van der Waals surface area (Å²) in [6.45, 7) is 0.502. The molecule has 0 saturated carbocycles. The van der Waals surface area contributed by atoms with E-state index in [1.807, 2.05) is 24.7 Å². The largest absolute Gasteiger partial charge is 0.388 e. The minimum Gasteiger partial charge on any atom is -0.388 e. The molecule has 0 atom stereocenters. The number of carbonyl (C=O) groups excluding carboxylic acids is 1. The van der Waals surface area contributed by atoms with Gasteiger partial charge in [-0.15, -0.1) is 0 Å². The summed E-state index contributed by atoms with van der Waals surface area (Å²) in [5.41, 5.74) is 8.46. The number of likely N-dealkylation sites (N-methyl/N-ethyl adjacent to an activating group) is 1. The van der Waals surface area contributed by atoms with Crippen LogP contribution in [0.3, 0.4) is 0 Å². The van der Waals surface area contributed by atoms with Crippen LogP contribution in [-0.2, 0) is 13.5 Å². The molecule has 2 aromatic rings. The van der Waals surface area contributed by atoms with E-state index in [0.29, 0.717) is 12.4 Å². The number of fused-ring (bicyclic) bond motifs is 3. The molecular weight excluding hydrogens is 323 g/mol. The number of amides is 1. The van der Waals surface area contributed by atoms with E-state index in [9.17, 15) is 9.18 Å². The lowest BCUT2D eigenvalue weighted by Crippen LogP contribution is -2.34. The molecule has 1 aliphatic heterocycles. The second-order valence-electron chi connectivity index (χ2n) is 5.98. The number of carbonyl (C=O) groups is 1.